The molecule has 3 rings (SSSR count). The van der Waals surface area contributed by atoms with E-state index in [-0.39, 0.29) is 0 Å². The minimum Gasteiger partial charge on any atom is -0.330 e. The summed E-state index contributed by atoms with van der Waals surface area (Å²) in [6.45, 7) is 0.724. The molecule has 0 atom stereocenters. The Morgan fingerprint density at radius 3 is 2.64 bits per heavy atom. The molecule has 0 radical (unpaired) electrons. The summed E-state index contributed by atoms with van der Waals surface area (Å²) in [6, 6.07) is 10.4. The number of aromatic nitrogens is 3. The summed E-state index contributed by atoms with van der Waals surface area (Å²) in [7, 11) is 0. The lowest BCUT2D eigenvalue weighted by molar-refractivity contribution is 0.422. The summed E-state index contributed by atoms with van der Waals surface area (Å²) < 4.78 is 2.06. The smallest absolute Gasteiger partial charge is 0.209 e. The normalized spacial score (nSPS) is 16.0. The molecule has 22 heavy (non-hydrogen) atoms. The predicted octanol–water partition coefficient (Wildman–Crippen LogP) is 3.76. The van der Waals surface area contributed by atoms with Gasteiger partial charge in [-0.25, -0.2) is 9.67 Å². The van der Waals surface area contributed by atoms with Crippen LogP contribution in [0, 0.1) is 0 Å². The van der Waals surface area contributed by atoms with Crippen molar-refractivity contribution in [1.82, 2.24) is 14.8 Å². The molecule has 0 aliphatic heterocycles. The number of nitrogens with two attached hydrogens (primary N) is 1. The van der Waals surface area contributed by atoms with Crippen molar-refractivity contribution in [3.63, 3.8) is 0 Å². The average Bonchev–Trinajstić information content (AvgIpc) is 3.01. The third-order valence-corrected chi connectivity index (χ3v) is 5.09. The number of hydrogen-bond acceptors (Lipinski definition) is 4. The van der Waals surface area contributed by atoms with Gasteiger partial charge in [0.15, 0.2) is 0 Å². The highest BCUT2D eigenvalue weighted by Gasteiger charge is 2.23. The van der Waals surface area contributed by atoms with Crippen LogP contribution < -0.4 is 5.73 Å². The molecule has 0 bridgehead atoms. The molecule has 1 saturated carbocycles. The van der Waals surface area contributed by atoms with Crippen molar-refractivity contribution in [2.24, 2.45) is 5.73 Å². The molecule has 2 aromatic rings. The molecule has 118 valence electrons. The van der Waals surface area contributed by atoms with Gasteiger partial charge in [0.25, 0.3) is 0 Å². The second kappa shape index (κ2) is 7.79. The molecule has 5 heteroatoms. The van der Waals surface area contributed by atoms with Crippen molar-refractivity contribution in [3.05, 3.63) is 36.2 Å². The van der Waals surface area contributed by atoms with Crippen molar-refractivity contribution < 1.29 is 0 Å². The van der Waals surface area contributed by atoms with Crippen LogP contribution in [-0.4, -0.2) is 27.1 Å². The zero-order valence-corrected chi connectivity index (χ0v) is 13.8. The molecular weight excluding hydrogens is 292 g/mol. The quantitative estimate of drug-likeness (QED) is 0.651. The van der Waals surface area contributed by atoms with Gasteiger partial charge >= 0.3 is 0 Å². The standard InChI is InChI=1S/C17H24N4S/c18-12-7-13-22-17-19-16(14-8-3-1-4-9-14)21(20-17)15-10-5-2-6-11-15/h2,5-6,10-11,14H,1,3-4,7-9,12-13,18H2. The Balaban J connectivity index is 1.87. The van der Waals surface area contributed by atoms with Gasteiger partial charge in [0.05, 0.1) is 5.69 Å². The van der Waals surface area contributed by atoms with E-state index in [9.17, 15) is 0 Å². The molecular formula is C17H24N4S. The van der Waals surface area contributed by atoms with Gasteiger partial charge in [-0.2, -0.15) is 0 Å². The van der Waals surface area contributed by atoms with Gasteiger partial charge in [0, 0.05) is 11.7 Å². The van der Waals surface area contributed by atoms with Crippen LogP contribution in [0.25, 0.3) is 5.69 Å². The first kappa shape index (κ1) is 15.6. The second-order valence-electron chi connectivity index (χ2n) is 5.83. The fraction of sp³-hybridized carbons (Fsp3) is 0.529. The Morgan fingerprint density at radius 1 is 1.14 bits per heavy atom. The minimum absolute atomic E-state index is 0.547. The summed E-state index contributed by atoms with van der Waals surface area (Å²) >= 11 is 1.72. The maximum absolute atomic E-state index is 5.58. The number of benzene rings is 1. The molecule has 2 N–H and O–H groups in total. The van der Waals surface area contributed by atoms with E-state index in [0.29, 0.717) is 5.92 Å². The number of thioether (sulfide) groups is 1. The van der Waals surface area contributed by atoms with Gasteiger partial charge in [0.1, 0.15) is 5.82 Å². The lowest BCUT2D eigenvalue weighted by Gasteiger charge is -2.21. The Bertz CT molecular complexity index is 576. The van der Waals surface area contributed by atoms with Gasteiger partial charge in [-0.15, -0.1) is 5.10 Å². The second-order valence-corrected chi connectivity index (χ2v) is 6.89. The zero-order chi connectivity index (χ0) is 15.2. The maximum atomic E-state index is 5.58. The van der Waals surface area contributed by atoms with Crippen LogP contribution in [0.2, 0.25) is 0 Å². The molecule has 0 spiro atoms. The number of hydrogen-bond donors (Lipinski definition) is 1. The molecule has 1 fully saturated rings. The summed E-state index contributed by atoms with van der Waals surface area (Å²) in [6.07, 6.45) is 7.44. The number of para-hydroxylation sites is 1. The van der Waals surface area contributed by atoms with Crippen LogP contribution >= 0.6 is 11.8 Å². The van der Waals surface area contributed by atoms with Gasteiger partial charge in [0.2, 0.25) is 5.16 Å². The van der Waals surface area contributed by atoms with Gasteiger partial charge < -0.3 is 5.73 Å². The van der Waals surface area contributed by atoms with E-state index < -0.39 is 0 Å². The minimum atomic E-state index is 0.547. The summed E-state index contributed by atoms with van der Waals surface area (Å²) in [5.74, 6) is 2.67. The Labute approximate surface area is 136 Å². The fourth-order valence-electron chi connectivity index (χ4n) is 3.00. The summed E-state index contributed by atoms with van der Waals surface area (Å²) in [5, 5.41) is 5.64. The fourth-order valence-corrected chi connectivity index (χ4v) is 3.79. The van der Waals surface area contributed by atoms with E-state index >= 15 is 0 Å². The highest BCUT2D eigenvalue weighted by Crippen LogP contribution is 2.33. The summed E-state index contributed by atoms with van der Waals surface area (Å²) in [4.78, 5) is 4.86. The monoisotopic (exact) mass is 316 g/mol. The SMILES string of the molecule is NCCCSc1nc(C2CCCCC2)n(-c2ccccc2)n1. The van der Waals surface area contributed by atoms with Crippen molar-refractivity contribution in [2.75, 3.05) is 12.3 Å². The lowest BCUT2D eigenvalue weighted by atomic mass is 9.88. The summed E-state index contributed by atoms with van der Waals surface area (Å²) in [5.41, 5.74) is 6.69. The van der Waals surface area contributed by atoms with E-state index in [4.69, 9.17) is 15.8 Å². The molecule has 1 aromatic heterocycles. The van der Waals surface area contributed by atoms with Gasteiger partial charge in [-0.1, -0.05) is 49.2 Å². The van der Waals surface area contributed by atoms with Crippen LogP contribution in [0.5, 0.6) is 0 Å². The van der Waals surface area contributed by atoms with Crippen LogP contribution in [0.1, 0.15) is 50.3 Å². The first-order valence-corrected chi connectivity index (χ1v) is 9.22. The van der Waals surface area contributed by atoms with Crippen LogP contribution in [-0.2, 0) is 0 Å². The topological polar surface area (TPSA) is 56.7 Å². The molecule has 0 amide bonds. The highest BCUT2D eigenvalue weighted by molar-refractivity contribution is 7.99. The first-order valence-electron chi connectivity index (χ1n) is 8.23. The van der Waals surface area contributed by atoms with Gasteiger partial charge in [-0.3, -0.25) is 0 Å². The molecule has 0 saturated heterocycles. The Hall–Kier alpha value is -1.33. The maximum Gasteiger partial charge on any atom is 0.209 e. The van der Waals surface area contributed by atoms with Gasteiger partial charge in [-0.05, 0) is 37.9 Å². The molecule has 1 aliphatic carbocycles. The molecule has 1 aliphatic rings. The molecule has 4 nitrogen and oxygen atoms in total. The number of nitrogens with zero attached hydrogens (tertiary/aromatic N) is 3. The zero-order valence-electron chi connectivity index (χ0n) is 12.9. The Kier molecular flexibility index (Phi) is 5.51. The molecule has 1 aromatic carbocycles. The first-order chi connectivity index (χ1) is 10.9. The van der Waals surface area contributed by atoms with E-state index in [1.54, 1.807) is 11.8 Å². The van der Waals surface area contributed by atoms with Crippen LogP contribution in [0.15, 0.2) is 35.5 Å². The number of rotatable bonds is 6. The largest absolute Gasteiger partial charge is 0.330 e. The van der Waals surface area contributed by atoms with Crippen molar-refractivity contribution in [2.45, 2.75) is 49.6 Å². The molecule has 1 heterocycles. The van der Waals surface area contributed by atoms with Crippen molar-refractivity contribution in [3.8, 4) is 5.69 Å². The van der Waals surface area contributed by atoms with Crippen molar-refractivity contribution >= 4 is 11.8 Å². The van der Waals surface area contributed by atoms with Crippen molar-refractivity contribution in [1.29, 1.82) is 0 Å². The van der Waals surface area contributed by atoms with E-state index in [1.165, 1.54) is 32.1 Å². The lowest BCUT2D eigenvalue weighted by Crippen LogP contribution is -2.12. The van der Waals surface area contributed by atoms with Crippen LogP contribution in [0.4, 0.5) is 0 Å². The van der Waals surface area contributed by atoms with Crippen LogP contribution in [0.3, 0.4) is 0 Å². The highest BCUT2D eigenvalue weighted by atomic mass is 32.2. The predicted molar refractivity (Wildman–Crippen MR) is 91.6 cm³/mol. The average molecular weight is 316 g/mol. The Morgan fingerprint density at radius 2 is 1.91 bits per heavy atom. The van der Waals surface area contributed by atoms with E-state index in [2.05, 4.69) is 28.9 Å². The third kappa shape index (κ3) is 3.70. The molecule has 0 unspecified atom stereocenters. The van der Waals surface area contributed by atoms with E-state index in [0.717, 1.165) is 35.4 Å². The van der Waals surface area contributed by atoms with E-state index in [1.807, 2.05) is 6.07 Å². The third-order valence-electron chi connectivity index (χ3n) is 4.16.